The molecule has 23 heavy (non-hydrogen) atoms. The molecule has 0 unspecified atom stereocenters. The van der Waals surface area contributed by atoms with Crippen LogP contribution in [0, 0.1) is 5.92 Å². The highest BCUT2D eigenvalue weighted by molar-refractivity contribution is 6.09. The number of carbonyl (C=O) groups excluding carboxylic acids is 3. The van der Waals surface area contributed by atoms with Crippen molar-refractivity contribution in [1.29, 1.82) is 0 Å². The van der Waals surface area contributed by atoms with Crippen molar-refractivity contribution in [1.82, 2.24) is 15.2 Å². The van der Waals surface area contributed by atoms with Crippen molar-refractivity contribution in [2.45, 2.75) is 0 Å². The van der Waals surface area contributed by atoms with Gasteiger partial charge >= 0.3 is 0 Å². The molecule has 1 aromatic heterocycles. The minimum atomic E-state index is -0.255. The number of amides is 2. The number of hydrogen-bond acceptors (Lipinski definition) is 3. The zero-order chi connectivity index (χ0) is 16.4. The Morgan fingerprint density at radius 2 is 2.04 bits per heavy atom. The van der Waals surface area contributed by atoms with Crippen LogP contribution in [0.2, 0.25) is 0 Å². The number of benzene rings is 1. The molecule has 118 valence electrons. The van der Waals surface area contributed by atoms with Crippen LogP contribution in [0.3, 0.4) is 0 Å². The van der Waals surface area contributed by atoms with Crippen LogP contribution in [-0.2, 0) is 9.59 Å². The Balaban J connectivity index is 1.55. The van der Waals surface area contributed by atoms with Gasteiger partial charge in [0.25, 0.3) is 0 Å². The molecule has 0 saturated carbocycles. The lowest BCUT2D eigenvalue weighted by atomic mass is 9.99. The van der Waals surface area contributed by atoms with E-state index in [-0.39, 0.29) is 30.1 Å². The van der Waals surface area contributed by atoms with E-state index < -0.39 is 0 Å². The first-order valence-electron chi connectivity index (χ1n) is 7.38. The summed E-state index contributed by atoms with van der Waals surface area (Å²) in [4.78, 5) is 40.2. The van der Waals surface area contributed by atoms with E-state index >= 15 is 0 Å². The largest absolute Gasteiger partial charge is 0.360 e. The second kappa shape index (κ2) is 6.08. The number of Topliss-reactive ketones (excluding diaryl/α,β-unsaturated/α-hetero) is 1. The van der Waals surface area contributed by atoms with E-state index in [1.807, 2.05) is 24.3 Å². The number of hydrogen-bond donors (Lipinski definition) is 2. The van der Waals surface area contributed by atoms with Crippen LogP contribution < -0.4 is 5.32 Å². The highest BCUT2D eigenvalue weighted by atomic mass is 16.2. The fraction of sp³-hybridized carbons (Fsp3) is 0.235. The van der Waals surface area contributed by atoms with E-state index in [0.717, 1.165) is 10.9 Å². The number of carbonyl (C=O) groups is 3. The number of rotatable bonds is 5. The van der Waals surface area contributed by atoms with Gasteiger partial charge in [-0.05, 0) is 12.1 Å². The topological polar surface area (TPSA) is 82.3 Å². The normalized spacial score (nSPS) is 14.3. The molecule has 1 saturated heterocycles. The molecule has 0 atom stereocenters. The quantitative estimate of drug-likeness (QED) is 0.641. The van der Waals surface area contributed by atoms with E-state index in [9.17, 15) is 14.4 Å². The molecule has 0 radical (unpaired) electrons. The molecule has 6 nitrogen and oxygen atoms in total. The average molecular weight is 311 g/mol. The SMILES string of the molecule is C=CC(=O)N1CC(C(=O)NCC(=O)c2c[nH]c3ccccc23)C1. The third-order valence-electron chi connectivity index (χ3n) is 4.05. The molecule has 1 aliphatic heterocycles. The first kappa shape index (κ1) is 15.0. The molecule has 2 heterocycles. The maximum Gasteiger partial charge on any atom is 0.246 e. The van der Waals surface area contributed by atoms with Gasteiger partial charge in [-0.15, -0.1) is 0 Å². The van der Waals surface area contributed by atoms with Gasteiger partial charge in [-0.3, -0.25) is 14.4 Å². The van der Waals surface area contributed by atoms with Gasteiger partial charge in [0.2, 0.25) is 11.8 Å². The number of aromatic amines is 1. The summed E-state index contributed by atoms with van der Waals surface area (Å²) >= 11 is 0. The minimum absolute atomic E-state index is 0.0490. The fourth-order valence-corrected chi connectivity index (χ4v) is 2.66. The minimum Gasteiger partial charge on any atom is -0.360 e. The molecule has 1 fully saturated rings. The van der Waals surface area contributed by atoms with Crippen LogP contribution in [0.1, 0.15) is 10.4 Å². The highest BCUT2D eigenvalue weighted by Gasteiger charge is 2.34. The number of para-hydroxylation sites is 1. The Kier molecular flexibility index (Phi) is 3.97. The number of aromatic nitrogens is 1. The molecule has 0 bridgehead atoms. The van der Waals surface area contributed by atoms with Gasteiger partial charge < -0.3 is 15.2 Å². The summed E-state index contributed by atoms with van der Waals surface area (Å²) in [7, 11) is 0. The van der Waals surface area contributed by atoms with Gasteiger partial charge in [0, 0.05) is 35.8 Å². The third kappa shape index (κ3) is 2.88. The van der Waals surface area contributed by atoms with Gasteiger partial charge in [-0.25, -0.2) is 0 Å². The molecule has 2 N–H and O–H groups in total. The summed E-state index contributed by atoms with van der Waals surface area (Å²) in [6, 6.07) is 7.52. The second-order valence-electron chi connectivity index (χ2n) is 5.53. The summed E-state index contributed by atoms with van der Waals surface area (Å²) in [5, 5.41) is 3.49. The summed E-state index contributed by atoms with van der Waals surface area (Å²) in [5.41, 5.74) is 1.46. The van der Waals surface area contributed by atoms with Crippen molar-refractivity contribution in [2.24, 2.45) is 5.92 Å². The molecule has 2 amide bonds. The van der Waals surface area contributed by atoms with E-state index in [1.54, 1.807) is 11.1 Å². The van der Waals surface area contributed by atoms with Gasteiger partial charge in [-0.1, -0.05) is 24.8 Å². The van der Waals surface area contributed by atoms with Crippen molar-refractivity contribution >= 4 is 28.5 Å². The van der Waals surface area contributed by atoms with Crippen LogP contribution in [0.15, 0.2) is 43.1 Å². The maximum absolute atomic E-state index is 12.3. The molecular weight excluding hydrogens is 294 g/mol. The van der Waals surface area contributed by atoms with Crippen LogP contribution in [0.4, 0.5) is 0 Å². The highest BCUT2D eigenvalue weighted by Crippen LogP contribution is 2.18. The molecule has 0 spiro atoms. The number of ketones is 1. The van der Waals surface area contributed by atoms with Crippen molar-refractivity contribution in [3.8, 4) is 0 Å². The Bertz CT molecular complexity index is 787. The summed E-state index contributed by atoms with van der Waals surface area (Å²) < 4.78 is 0. The standard InChI is InChI=1S/C17H17N3O3/c1-2-16(22)20-9-11(10-20)17(23)19-8-15(21)13-7-18-14-6-4-3-5-12(13)14/h2-7,11,18H,1,8-10H2,(H,19,23). The Morgan fingerprint density at radius 1 is 1.30 bits per heavy atom. The molecule has 1 aromatic carbocycles. The lowest BCUT2D eigenvalue weighted by Crippen LogP contribution is -2.55. The average Bonchev–Trinajstić information content (AvgIpc) is 2.95. The lowest BCUT2D eigenvalue weighted by molar-refractivity contribution is -0.139. The van der Waals surface area contributed by atoms with Gasteiger partial charge in [0.1, 0.15) is 0 Å². The van der Waals surface area contributed by atoms with E-state index in [1.165, 1.54) is 6.08 Å². The molecule has 1 aliphatic rings. The molecule has 0 aliphatic carbocycles. The molecule has 2 aromatic rings. The maximum atomic E-state index is 12.3. The van der Waals surface area contributed by atoms with Crippen LogP contribution >= 0.6 is 0 Å². The summed E-state index contributed by atoms with van der Waals surface area (Å²) in [6.07, 6.45) is 2.89. The third-order valence-corrected chi connectivity index (χ3v) is 4.05. The Morgan fingerprint density at radius 3 is 2.78 bits per heavy atom. The lowest BCUT2D eigenvalue weighted by Gasteiger charge is -2.37. The summed E-state index contributed by atoms with van der Waals surface area (Å²) in [6.45, 7) is 4.10. The van der Waals surface area contributed by atoms with Crippen LogP contribution in [0.5, 0.6) is 0 Å². The zero-order valence-electron chi connectivity index (χ0n) is 12.5. The van der Waals surface area contributed by atoms with Crippen molar-refractivity contribution in [3.63, 3.8) is 0 Å². The molecular formula is C17H17N3O3. The van der Waals surface area contributed by atoms with Crippen molar-refractivity contribution in [3.05, 3.63) is 48.7 Å². The Hall–Kier alpha value is -2.89. The van der Waals surface area contributed by atoms with E-state index in [0.29, 0.717) is 18.7 Å². The van der Waals surface area contributed by atoms with Crippen LogP contribution in [-0.4, -0.2) is 47.1 Å². The number of likely N-dealkylation sites (tertiary alicyclic amines) is 1. The first-order valence-corrected chi connectivity index (χ1v) is 7.38. The predicted molar refractivity (Wildman–Crippen MR) is 85.9 cm³/mol. The zero-order valence-corrected chi connectivity index (χ0v) is 12.5. The van der Waals surface area contributed by atoms with E-state index in [4.69, 9.17) is 0 Å². The second-order valence-corrected chi connectivity index (χ2v) is 5.53. The molecule has 6 heteroatoms. The van der Waals surface area contributed by atoms with E-state index in [2.05, 4.69) is 16.9 Å². The Labute approximate surface area is 133 Å². The van der Waals surface area contributed by atoms with Gasteiger partial charge in [-0.2, -0.15) is 0 Å². The van der Waals surface area contributed by atoms with Gasteiger partial charge in [0.15, 0.2) is 5.78 Å². The number of fused-ring (bicyclic) bond motifs is 1. The monoisotopic (exact) mass is 311 g/mol. The predicted octanol–water partition coefficient (Wildman–Crippen LogP) is 1.11. The van der Waals surface area contributed by atoms with Crippen molar-refractivity contribution in [2.75, 3.05) is 19.6 Å². The van der Waals surface area contributed by atoms with Gasteiger partial charge in [0.05, 0.1) is 12.5 Å². The summed E-state index contributed by atoms with van der Waals surface area (Å²) in [5.74, 6) is -0.779. The molecule has 3 rings (SSSR count). The first-order chi connectivity index (χ1) is 11.1. The smallest absolute Gasteiger partial charge is 0.246 e. The van der Waals surface area contributed by atoms with Crippen molar-refractivity contribution < 1.29 is 14.4 Å². The number of H-pyrrole nitrogens is 1. The number of nitrogens with one attached hydrogen (secondary N) is 2. The van der Waals surface area contributed by atoms with Crippen LogP contribution in [0.25, 0.3) is 10.9 Å². The number of nitrogens with zero attached hydrogens (tertiary/aromatic N) is 1. The fourth-order valence-electron chi connectivity index (χ4n) is 2.66.